The summed E-state index contributed by atoms with van der Waals surface area (Å²) in [7, 11) is 0. The molecule has 0 aliphatic carbocycles. The fourth-order valence-corrected chi connectivity index (χ4v) is 3.66. The van der Waals surface area contributed by atoms with Crippen molar-refractivity contribution in [1.82, 2.24) is 15.2 Å². The van der Waals surface area contributed by atoms with Crippen molar-refractivity contribution in [3.05, 3.63) is 71.4 Å². The lowest BCUT2D eigenvalue weighted by Gasteiger charge is -2.25. The maximum Gasteiger partial charge on any atom is 0.255 e. The minimum atomic E-state index is -0.262. The summed E-state index contributed by atoms with van der Waals surface area (Å²) in [6.07, 6.45) is 2.81. The van der Waals surface area contributed by atoms with Gasteiger partial charge in [0.05, 0.1) is 6.04 Å². The second kappa shape index (κ2) is 6.67. The molecule has 0 fully saturated rings. The Bertz CT molecular complexity index is 976. The molecule has 2 N–H and O–H groups in total. The molecule has 0 unspecified atom stereocenters. The van der Waals surface area contributed by atoms with Gasteiger partial charge in [0.1, 0.15) is 6.54 Å². The number of hydrogen-bond acceptors (Lipinski definition) is 2. The maximum absolute atomic E-state index is 13.0. The van der Waals surface area contributed by atoms with Gasteiger partial charge in [-0.3, -0.25) is 9.59 Å². The predicted molar refractivity (Wildman–Crippen MR) is 101 cm³/mol. The molecule has 3 aromatic rings. The smallest absolute Gasteiger partial charge is 0.255 e. The van der Waals surface area contributed by atoms with Crippen molar-refractivity contribution in [2.45, 2.75) is 19.4 Å². The number of H-pyrrole nitrogens is 1. The first kappa shape index (κ1) is 16.4. The number of rotatable bonds is 5. The number of nitrogens with one attached hydrogen (secondary N) is 2. The molecule has 1 atom stereocenters. The minimum Gasteiger partial charge on any atom is -0.361 e. The van der Waals surface area contributed by atoms with Crippen LogP contribution >= 0.6 is 0 Å². The third kappa shape index (κ3) is 2.65. The lowest BCUT2D eigenvalue weighted by atomic mass is 9.97. The van der Waals surface area contributed by atoms with Crippen molar-refractivity contribution in [1.29, 1.82) is 0 Å². The van der Waals surface area contributed by atoms with Crippen LogP contribution in [0.5, 0.6) is 0 Å². The van der Waals surface area contributed by atoms with Crippen molar-refractivity contribution in [3.63, 3.8) is 0 Å². The highest BCUT2D eigenvalue weighted by Crippen LogP contribution is 2.40. The van der Waals surface area contributed by atoms with E-state index in [0.717, 1.165) is 28.5 Å². The van der Waals surface area contributed by atoms with Gasteiger partial charge in [-0.15, -0.1) is 0 Å². The molecule has 4 rings (SSSR count). The fraction of sp³-hybridized carbons (Fsp3) is 0.238. The Labute approximate surface area is 152 Å². The molecule has 1 aliphatic rings. The Morgan fingerprint density at radius 3 is 2.73 bits per heavy atom. The summed E-state index contributed by atoms with van der Waals surface area (Å²) in [5, 5.41) is 3.94. The van der Waals surface area contributed by atoms with E-state index in [-0.39, 0.29) is 24.4 Å². The largest absolute Gasteiger partial charge is 0.361 e. The number of aromatic nitrogens is 1. The van der Waals surface area contributed by atoms with Gasteiger partial charge >= 0.3 is 0 Å². The first-order valence-electron chi connectivity index (χ1n) is 8.93. The molecule has 132 valence electrons. The predicted octanol–water partition coefficient (Wildman–Crippen LogP) is 3.24. The molecule has 2 aromatic carbocycles. The zero-order valence-electron chi connectivity index (χ0n) is 14.7. The summed E-state index contributed by atoms with van der Waals surface area (Å²) in [5.74, 6) is -0.222. The number of hydrogen-bond donors (Lipinski definition) is 2. The van der Waals surface area contributed by atoms with Gasteiger partial charge in [-0.25, -0.2) is 0 Å². The maximum atomic E-state index is 13.0. The second-order valence-corrected chi connectivity index (χ2v) is 6.56. The summed E-state index contributed by atoms with van der Waals surface area (Å²) in [6, 6.07) is 15.4. The van der Waals surface area contributed by atoms with Crippen molar-refractivity contribution in [3.8, 4) is 0 Å². The van der Waals surface area contributed by atoms with Crippen molar-refractivity contribution in [2.75, 3.05) is 13.1 Å². The van der Waals surface area contributed by atoms with Gasteiger partial charge in [-0.2, -0.15) is 0 Å². The van der Waals surface area contributed by atoms with E-state index in [1.165, 1.54) is 0 Å². The molecule has 0 saturated carbocycles. The Balaban J connectivity index is 1.77. The highest BCUT2D eigenvalue weighted by atomic mass is 16.2. The van der Waals surface area contributed by atoms with Gasteiger partial charge in [0, 0.05) is 34.8 Å². The molecule has 1 aromatic heterocycles. The van der Waals surface area contributed by atoms with Gasteiger partial charge in [0.2, 0.25) is 5.91 Å². The average Bonchev–Trinajstić information content (AvgIpc) is 3.20. The van der Waals surface area contributed by atoms with Crippen LogP contribution in [0, 0.1) is 0 Å². The number of nitrogens with zero attached hydrogens (tertiary/aromatic N) is 1. The Kier molecular flexibility index (Phi) is 4.21. The Morgan fingerprint density at radius 1 is 1.12 bits per heavy atom. The van der Waals surface area contributed by atoms with Gasteiger partial charge in [-0.05, 0) is 24.1 Å². The summed E-state index contributed by atoms with van der Waals surface area (Å²) >= 11 is 0. The van der Waals surface area contributed by atoms with Crippen LogP contribution in [-0.4, -0.2) is 34.8 Å². The van der Waals surface area contributed by atoms with E-state index < -0.39 is 0 Å². The number of carbonyl (C=O) groups is 2. The van der Waals surface area contributed by atoms with Crippen molar-refractivity contribution < 1.29 is 9.59 Å². The monoisotopic (exact) mass is 347 g/mol. The first-order chi connectivity index (χ1) is 12.7. The lowest BCUT2D eigenvalue weighted by Crippen LogP contribution is -2.39. The van der Waals surface area contributed by atoms with E-state index in [0.29, 0.717) is 12.1 Å². The van der Waals surface area contributed by atoms with E-state index in [1.807, 2.05) is 61.7 Å². The van der Waals surface area contributed by atoms with Gasteiger partial charge in [-0.1, -0.05) is 43.3 Å². The number of aromatic amines is 1. The van der Waals surface area contributed by atoms with E-state index in [2.05, 4.69) is 10.3 Å². The molecule has 0 spiro atoms. The SMILES string of the molecule is CCCNC(=O)CN1C(=O)c2ccccc2[C@H]1c1c[nH]c2ccccc12. The van der Waals surface area contributed by atoms with Gasteiger partial charge < -0.3 is 15.2 Å². The van der Waals surface area contributed by atoms with Crippen LogP contribution in [0.1, 0.15) is 40.9 Å². The van der Waals surface area contributed by atoms with Crippen LogP contribution in [0.3, 0.4) is 0 Å². The van der Waals surface area contributed by atoms with Crippen LogP contribution < -0.4 is 5.32 Å². The molecular formula is C21H21N3O2. The summed E-state index contributed by atoms with van der Waals surface area (Å²) in [5.41, 5.74) is 3.66. The first-order valence-corrected chi connectivity index (χ1v) is 8.93. The lowest BCUT2D eigenvalue weighted by molar-refractivity contribution is -0.122. The molecule has 2 amide bonds. The third-order valence-electron chi connectivity index (χ3n) is 4.86. The molecule has 0 bridgehead atoms. The normalized spacial score (nSPS) is 16.1. The number of amides is 2. The average molecular weight is 347 g/mol. The highest BCUT2D eigenvalue weighted by molar-refractivity contribution is 6.02. The summed E-state index contributed by atoms with van der Waals surface area (Å²) in [4.78, 5) is 30.3. The van der Waals surface area contributed by atoms with Crippen LogP contribution in [0.15, 0.2) is 54.7 Å². The number of benzene rings is 2. The standard InChI is InChI=1S/C21H21N3O2/c1-2-11-22-19(25)13-24-20(15-8-3-4-9-16(15)21(24)26)17-12-23-18-10-6-5-7-14(17)18/h3-10,12,20,23H,2,11,13H2,1H3,(H,22,25)/t20-/m0/s1. The topological polar surface area (TPSA) is 65.2 Å². The van der Waals surface area contributed by atoms with Gasteiger partial charge in [0.25, 0.3) is 5.91 Å². The van der Waals surface area contributed by atoms with Gasteiger partial charge in [0.15, 0.2) is 0 Å². The van der Waals surface area contributed by atoms with E-state index in [1.54, 1.807) is 4.90 Å². The summed E-state index contributed by atoms with van der Waals surface area (Å²) < 4.78 is 0. The molecule has 26 heavy (non-hydrogen) atoms. The van der Waals surface area contributed by atoms with Crippen LogP contribution in [0.25, 0.3) is 10.9 Å². The third-order valence-corrected chi connectivity index (χ3v) is 4.86. The highest BCUT2D eigenvalue weighted by Gasteiger charge is 2.39. The zero-order chi connectivity index (χ0) is 18.1. The zero-order valence-corrected chi connectivity index (χ0v) is 14.7. The molecule has 0 radical (unpaired) electrons. The fourth-order valence-electron chi connectivity index (χ4n) is 3.66. The van der Waals surface area contributed by atoms with Crippen LogP contribution in [-0.2, 0) is 4.79 Å². The Hall–Kier alpha value is -3.08. The van der Waals surface area contributed by atoms with E-state index in [9.17, 15) is 9.59 Å². The van der Waals surface area contributed by atoms with Crippen LogP contribution in [0.2, 0.25) is 0 Å². The van der Waals surface area contributed by atoms with Crippen molar-refractivity contribution >= 4 is 22.7 Å². The molecule has 1 aliphatic heterocycles. The molecular weight excluding hydrogens is 326 g/mol. The number of carbonyl (C=O) groups excluding carboxylic acids is 2. The number of para-hydroxylation sites is 1. The van der Waals surface area contributed by atoms with E-state index in [4.69, 9.17) is 0 Å². The number of fused-ring (bicyclic) bond motifs is 2. The van der Waals surface area contributed by atoms with Crippen molar-refractivity contribution in [2.24, 2.45) is 0 Å². The summed E-state index contributed by atoms with van der Waals surface area (Å²) in [6.45, 7) is 2.68. The molecule has 2 heterocycles. The molecule has 5 heteroatoms. The van der Waals surface area contributed by atoms with E-state index >= 15 is 0 Å². The Morgan fingerprint density at radius 2 is 1.88 bits per heavy atom. The minimum absolute atomic E-state index is 0.0533. The molecule has 5 nitrogen and oxygen atoms in total. The molecule has 0 saturated heterocycles. The van der Waals surface area contributed by atoms with Crippen LogP contribution in [0.4, 0.5) is 0 Å². The second-order valence-electron chi connectivity index (χ2n) is 6.56. The quantitative estimate of drug-likeness (QED) is 0.744.